The fourth-order valence-corrected chi connectivity index (χ4v) is 1.55. The summed E-state index contributed by atoms with van der Waals surface area (Å²) in [5, 5.41) is 18.2. The number of rotatable bonds is 1. The van der Waals surface area contributed by atoms with E-state index in [-0.39, 0.29) is 11.9 Å². The van der Waals surface area contributed by atoms with Gasteiger partial charge in [0.05, 0.1) is 6.10 Å². The Morgan fingerprint density at radius 3 is 2.58 bits per heavy atom. The van der Waals surface area contributed by atoms with Gasteiger partial charge in [-0.3, -0.25) is 4.79 Å². The van der Waals surface area contributed by atoms with Crippen LogP contribution in [0.3, 0.4) is 0 Å². The third-order valence-electron chi connectivity index (χ3n) is 2.19. The topological polar surface area (TPSA) is 60.8 Å². The number of aliphatic hydroxyl groups is 2. The lowest BCUT2D eigenvalue weighted by Gasteiger charge is -2.22. The first-order valence-corrected chi connectivity index (χ1v) is 4.19. The highest BCUT2D eigenvalue weighted by atomic mass is 16.3. The van der Waals surface area contributed by atoms with Crippen molar-refractivity contribution in [1.82, 2.24) is 4.90 Å². The lowest BCUT2D eigenvalue weighted by Crippen LogP contribution is -2.40. The minimum Gasteiger partial charge on any atom is -0.391 e. The Hall–Kier alpha value is -0.610. The van der Waals surface area contributed by atoms with Crippen molar-refractivity contribution in [1.29, 1.82) is 0 Å². The van der Waals surface area contributed by atoms with Crippen molar-refractivity contribution < 1.29 is 15.0 Å². The molecule has 1 aliphatic heterocycles. The Kier molecular flexibility index (Phi) is 2.69. The molecular formula is C8H15NO3. The van der Waals surface area contributed by atoms with Gasteiger partial charge >= 0.3 is 0 Å². The molecular weight excluding hydrogens is 158 g/mol. The maximum Gasteiger partial charge on any atom is 0.251 e. The summed E-state index contributed by atoms with van der Waals surface area (Å²) in [4.78, 5) is 12.8. The predicted octanol–water partition coefficient (Wildman–Crippen LogP) is -0.651. The Bertz CT molecular complexity index is 181. The molecule has 0 bridgehead atoms. The van der Waals surface area contributed by atoms with Crippen LogP contribution in [0.2, 0.25) is 0 Å². The van der Waals surface area contributed by atoms with Crippen molar-refractivity contribution in [3.63, 3.8) is 0 Å². The van der Waals surface area contributed by atoms with Gasteiger partial charge in [0.2, 0.25) is 0 Å². The summed E-state index contributed by atoms with van der Waals surface area (Å²) in [6.45, 7) is 3.67. The first-order valence-electron chi connectivity index (χ1n) is 4.19. The highest BCUT2D eigenvalue weighted by molar-refractivity contribution is 5.80. The van der Waals surface area contributed by atoms with Gasteiger partial charge in [0, 0.05) is 12.6 Å². The molecule has 1 fully saturated rings. The fourth-order valence-electron chi connectivity index (χ4n) is 1.55. The summed E-state index contributed by atoms with van der Waals surface area (Å²) in [7, 11) is 0. The molecule has 4 heteroatoms. The lowest BCUT2D eigenvalue weighted by atomic mass is 10.2. The molecule has 3 unspecified atom stereocenters. The smallest absolute Gasteiger partial charge is 0.251 e. The van der Waals surface area contributed by atoms with Crippen LogP contribution >= 0.6 is 0 Å². The van der Waals surface area contributed by atoms with E-state index in [1.165, 1.54) is 11.8 Å². The van der Waals surface area contributed by atoms with Crippen LogP contribution in [0, 0.1) is 0 Å². The molecule has 1 aliphatic rings. The fraction of sp³-hybridized carbons (Fsp3) is 0.875. The minimum atomic E-state index is -0.960. The van der Waals surface area contributed by atoms with Crippen LogP contribution in [0.25, 0.3) is 0 Å². The SMILES string of the molecule is CC(O)C(=O)N1CC(O)CC1C. The molecule has 1 saturated heterocycles. The van der Waals surface area contributed by atoms with Gasteiger partial charge in [-0.05, 0) is 20.3 Å². The average molecular weight is 173 g/mol. The molecule has 12 heavy (non-hydrogen) atoms. The number of aliphatic hydroxyl groups excluding tert-OH is 2. The molecule has 0 aromatic heterocycles. The normalized spacial score (nSPS) is 32.2. The van der Waals surface area contributed by atoms with Crippen LogP contribution in [-0.4, -0.2) is 45.8 Å². The summed E-state index contributed by atoms with van der Waals surface area (Å²) < 4.78 is 0. The molecule has 1 rings (SSSR count). The van der Waals surface area contributed by atoms with Crippen molar-refractivity contribution in [2.45, 2.75) is 38.5 Å². The Morgan fingerprint density at radius 1 is 1.67 bits per heavy atom. The van der Waals surface area contributed by atoms with E-state index in [9.17, 15) is 9.90 Å². The minimum absolute atomic E-state index is 0.0436. The van der Waals surface area contributed by atoms with Crippen LogP contribution in [0.4, 0.5) is 0 Å². The molecule has 0 spiro atoms. The third kappa shape index (κ3) is 1.76. The summed E-state index contributed by atoms with van der Waals surface area (Å²) in [6, 6.07) is 0.0436. The molecule has 2 N–H and O–H groups in total. The first-order chi connectivity index (χ1) is 5.52. The number of hydrogen-bond donors (Lipinski definition) is 2. The number of amides is 1. The Balaban J connectivity index is 2.58. The van der Waals surface area contributed by atoms with Gasteiger partial charge in [0.25, 0.3) is 5.91 Å². The maximum absolute atomic E-state index is 11.3. The number of likely N-dealkylation sites (tertiary alicyclic amines) is 1. The van der Waals surface area contributed by atoms with Crippen LogP contribution < -0.4 is 0 Å². The first kappa shape index (κ1) is 9.48. The van der Waals surface area contributed by atoms with E-state index in [1.807, 2.05) is 6.92 Å². The molecule has 0 radical (unpaired) electrons. The summed E-state index contributed by atoms with van der Waals surface area (Å²) in [6.07, 6.45) is -0.779. The Morgan fingerprint density at radius 2 is 2.25 bits per heavy atom. The van der Waals surface area contributed by atoms with Crippen LogP contribution in [-0.2, 0) is 4.79 Å². The second-order valence-electron chi connectivity index (χ2n) is 3.41. The summed E-state index contributed by atoms with van der Waals surface area (Å²) in [5.41, 5.74) is 0. The quantitative estimate of drug-likeness (QED) is 0.554. The number of carbonyl (C=O) groups is 1. The van der Waals surface area contributed by atoms with E-state index < -0.39 is 12.2 Å². The van der Waals surface area contributed by atoms with Crippen LogP contribution in [0.5, 0.6) is 0 Å². The standard InChI is InChI=1S/C8H15NO3/c1-5-3-7(11)4-9(5)8(12)6(2)10/h5-7,10-11H,3-4H2,1-2H3. The number of carbonyl (C=O) groups excluding carboxylic acids is 1. The zero-order valence-electron chi connectivity index (χ0n) is 7.40. The predicted molar refractivity (Wildman–Crippen MR) is 43.5 cm³/mol. The van der Waals surface area contributed by atoms with Gasteiger partial charge in [0.1, 0.15) is 6.10 Å². The molecule has 1 amide bonds. The molecule has 4 nitrogen and oxygen atoms in total. The molecule has 0 saturated carbocycles. The van der Waals surface area contributed by atoms with Crippen molar-refractivity contribution in [3.05, 3.63) is 0 Å². The molecule has 0 aromatic rings. The van der Waals surface area contributed by atoms with Crippen molar-refractivity contribution in [2.75, 3.05) is 6.54 Å². The van der Waals surface area contributed by atoms with E-state index in [2.05, 4.69) is 0 Å². The monoisotopic (exact) mass is 173 g/mol. The van der Waals surface area contributed by atoms with Gasteiger partial charge in [-0.15, -0.1) is 0 Å². The zero-order chi connectivity index (χ0) is 9.30. The van der Waals surface area contributed by atoms with Gasteiger partial charge in [-0.1, -0.05) is 0 Å². The van der Waals surface area contributed by atoms with Gasteiger partial charge in [-0.25, -0.2) is 0 Å². The molecule has 1 heterocycles. The third-order valence-corrected chi connectivity index (χ3v) is 2.19. The highest BCUT2D eigenvalue weighted by Gasteiger charge is 2.32. The van der Waals surface area contributed by atoms with E-state index >= 15 is 0 Å². The Labute approximate surface area is 71.8 Å². The average Bonchev–Trinajstić information content (AvgIpc) is 2.28. The van der Waals surface area contributed by atoms with Crippen molar-refractivity contribution in [2.24, 2.45) is 0 Å². The van der Waals surface area contributed by atoms with Gasteiger partial charge < -0.3 is 15.1 Å². The highest BCUT2D eigenvalue weighted by Crippen LogP contribution is 2.17. The van der Waals surface area contributed by atoms with Crippen LogP contribution in [0.15, 0.2) is 0 Å². The van der Waals surface area contributed by atoms with E-state index in [1.54, 1.807) is 0 Å². The van der Waals surface area contributed by atoms with Crippen LogP contribution in [0.1, 0.15) is 20.3 Å². The summed E-state index contributed by atoms with van der Waals surface area (Å²) in [5.74, 6) is -0.293. The lowest BCUT2D eigenvalue weighted by molar-refractivity contribution is -0.140. The number of nitrogens with zero attached hydrogens (tertiary/aromatic N) is 1. The second-order valence-corrected chi connectivity index (χ2v) is 3.41. The summed E-state index contributed by atoms with van der Waals surface area (Å²) >= 11 is 0. The van der Waals surface area contributed by atoms with Gasteiger partial charge in [-0.2, -0.15) is 0 Å². The van der Waals surface area contributed by atoms with E-state index in [4.69, 9.17) is 5.11 Å². The second kappa shape index (κ2) is 3.41. The molecule has 0 aromatic carbocycles. The maximum atomic E-state index is 11.3. The van der Waals surface area contributed by atoms with E-state index in [0.717, 1.165) is 0 Å². The molecule has 70 valence electrons. The van der Waals surface area contributed by atoms with E-state index in [0.29, 0.717) is 13.0 Å². The zero-order valence-corrected chi connectivity index (χ0v) is 7.40. The number of β-amino-alcohol motifs (C(OH)–C–C–N with tert-alkyl or cyclic N) is 1. The van der Waals surface area contributed by atoms with Crippen molar-refractivity contribution in [3.8, 4) is 0 Å². The van der Waals surface area contributed by atoms with Gasteiger partial charge in [0.15, 0.2) is 0 Å². The number of hydrogen-bond acceptors (Lipinski definition) is 3. The largest absolute Gasteiger partial charge is 0.391 e. The molecule has 0 aliphatic carbocycles. The molecule has 3 atom stereocenters. The van der Waals surface area contributed by atoms with Crippen molar-refractivity contribution >= 4 is 5.91 Å².